The van der Waals surface area contributed by atoms with E-state index in [9.17, 15) is 22.8 Å². The van der Waals surface area contributed by atoms with Crippen LogP contribution in [0, 0.1) is 0 Å². The largest absolute Gasteiger partial charge is 0.418 e. The fourth-order valence-corrected chi connectivity index (χ4v) is 4.42. The molecule has 2 amide bonds. The molecule has 0 aromatic heterocycles. The fourth-order valence-electron chi connectivity index (χ4n) is 2.58. The molecule has 11 heteroatoms. The zero-order valence-corrected chi connectivity index (χ0v) is 18.8. The highest BCUT2D eigenvalue weighted by atomic mass is 79.9. The van der Waals surface area contributed by atoms with Gasteiger partial charge in [0.25, 0.3) is 5.91 Å². The number of nitrogens with one attached hydrogen (secondary N) is 1. The van der Waals surface area contributed by atoms with Gasteiger partial charge in [-0.3, -0.25) is 14.5 Å². The lowest BCUT2D eigenvalue weighted by Gasteiger charge is -2.17. The number of benzene rings is 2. The van der Waals surface area contributed by atoms with Gasteiger partial charge >= 0.3 is 6.18 Å². The number of anilines is 1. The summed E-state index contributed by atoms with van der Waals surface area (Å²) in [6.07, 6.45) is -3.08. The Labute approximate surface area is 192 Å². The van der Waals surface area contributed by atoms with Crippen LogP contribution in [0.4, 0.5) is 18.9 Å². The first-order valence-electron chi connectivity index (χ1n) is 8.22. The van der Waals surface area contributed by atoms with Gasteiger partial charge in [-0.2, -0.15) is 13.2 Å². The normalized spacial score (nSPS) is 15.8. The molecule has 3 rings (SSSR count). The first-order chi connectivity index (χ1) is 14.0. The van der Waals surface area contributed by atoms with E-state index in [-0.39, 0.29) is 9.34 Å². The molecule has 156 valence electrons. The summed E-state index contributed by atoms with van der Waals surface area (Å²) in [5.74, 6) is -1.31. The molecule has 1 saturated heterocycles. The highest BCUT2D eigenvalue weighted by Crippen LogP contribution is 2.37. The van der Waals surface area contributed by atoms with Gasteiger partial charge in [-0.15, -0.1) is 0 Å². The highest BCUT2D eigenvalue weighted by molar-refractivity contribution is 9.10. The summed E-state index contributed by atoms with van der Waals surface area (Å²) in [7, 11) is 0. The van der Waals surface area contributed by atoms with Crippen molar-refractivity contribution in [2.75, 3.05) is 11.9 Å². The van der Waals surface area contributed by atoms with Gasteiger partial charge in [-0.05, 0) is 42.0 Å². The van der Waals surface area contributed by atoms with E-state index in [0.717, 1.165) is 38.8 Å². The maximum atomic E-state index is 13.2. The molecule has 0 radical (unpaired) electrons. The van der Waals surface area contributed by atoms with Crippen molar-refractivity contribution in [3.63, 3.8) is 0 Å². The number of thioether (sulfide) groups is 1. The Kier molecular flexibility index (Phi) is 6.91. The molecular weight excluding hydrogens is 525 g/mol. The third kappa shape index (κ3) is 5.42. The number of hydrogen-bond donors (Lipinski definition) is 1. The van der Waals surface area contributed by atoms with E-state index in [1.54, 1.807) is 24.3 Å². The molecule has 30 heavy (non-hydrogen) atoms. The van der Waals surface area contributed by atoms with Gasteiger partial charge in [0.1, 0.15) is 10.9 Å². The Morgan fingerprint density at radius 1 is 1.27 bits per heavy atom. The van der Waals surface area contributed by atoms with Gasteiger partial charge in [0.15, 0.2) is 0 Å². The third-order valence-corrected chi connectivity index (χ3v) is 5.99. The number of halogens is 5. The van der Waals surface area contributed by atoms with Gasteiger partial charge < -0.3 is 5.32 Å². The molecule has 1 fully saturated rings. The predicted molar refractivity (Wildman–Crippen MR) is 119 cm³/mol. The fraction of sp³-hybridized carbons (Fsp3) is 0.105. The van der Waals surface area contributed by atoms with Crippen molar-refractivity contribution in [1.29, 1.82) is 0 Å². The lowest BCUT2D eigenvalue weighted by atomic mass is 10.1. The van der Waals surface area contributed by atoms with E-state index < -0.39 is 35.8 Å². The van der Waals surface area contributed by atoms with Crippen LogP contribution in [0.25, 0.3) is 6.08 Å². The van der Waals surface area contributed by atoms with Crippen LogP contribution in [0.1, 0.15) is 11.1 Å². The minimum atomic E-state index is -4.71. The van der Waals surface area contributed by atoms with Crippen LogP contribution in [0.3, 0.4) is 0 Å². The number of carbonyl (C=O) groups is 2. The topological polar surface area (TPSA) is 49.4 Å². The summed E-state index contributed by atoms with van der Waals surface area (Å²) in [5, 5.41) is 2.06. The van der Waals surface area contributed by atoms with E-state index in [0.29, 0.717) is 4.91 Å². The van der Waals surface area contributed by atoms with Crippen LogP contribution in [0.5, 0.6) is 0 Å². The molecule has 2 aromatic carbocycles. The average molecular weight is 536 g/mol. The number of rotatable bonds is 4. The maximum absolute atomic E-state index is 13.2. The first-order valence-corrected chi connectivity index (χ1v) is 10.6. The molecule has 0 unspecified atom stereocenters. The Morgan fingerprint density at radius 2 is 2.00 bits per heavy atom. The number of nitrogens with zero attached hydrogens (tertiary/aromatic N) is 1. The number of hydrogen-bond acceptors (Lipinski definition) is 4. The van der Waals surface area contributed by atoms with Gasteiger partial charge in [0.05, 0.1) is 16.2 Å². The molecule has 0 bridgehead atoms. The van der Waals surface area contributed by atoms with Crippen molar-refractivity contribution in [1.82, 2.24) is 4.90 Å². The molecule has 0 spiro atoms. The minimum Gasteiger partial charge on any atom is -0.324 e. The summed E-state index contributed by atoms with van der Waals surface area (Å²) in [6, 6.07) is 10.2. The molecule has 1 heterocycles. The third-order valence-electron chi connectivity index (χ3n) is 3.88. The summed E-state index contributed by atoms with van der Waals surface area (Å²) >= 11 is 15.2. The lowest BCUT2D eigenvalue weighted by molar-refractivity contribution is -0.137. The van der Waals surface area contributed by atoms with E-state index in [1.165, 1.54) is 6.07 Å². The molecule has 0 aliphatic carbocycles. The molecule has 4 nitrogen and oxygen atoms in total. The van der Waals surface area contributed by atoms with Crippen LogP contribution < -0.4 is 5.32 Å². The monoisotopic (exact) mass is 534 g/mol. The second-order valence-electron chi connectivity index (χ2n) is 6.06. The molecule has 0 atom stereocenters. The standard InChI is InChI=1S/C19H11BrClF3N2O2S2/c20-11-3-1-2-10(6-11)7-15-17(28)26(18(29)30-15)9-16(27)25-14-5-4-12(21)8-13(14)19(22,23)24/h1-8H,9H2,(H,25,27)/b15-7+. The van der Waals surface area contributed by atoms with Crippen molar-refractivity contribution < 1.29 is 22.8 Å². The van der Waals surface area contributed by atoms with Crippen LogP contribution in [-0.4, -0.2) is 27.6 Å². The van der Waals surface area contributed by atoms with Gasteiger partial charge in [0, 0.05) is 9.50 Å². The Morgan fingerprint density at radius 3 is 2.67 bits per heavy atom. The van der Waals surface area contributed by atoms with Gasteiger partial charge in [0.2, 0.25) is 5.91 Å². The van der Waals surface area contributed by atoms with Crippen LogP contribution >= 0.6 is 51.5 Å². The summed E-state index contributed by atoms with van der Waals surface area (Å²) in [4.78, 5) is 26.3. The molecular formula is C19H11BrClF3N2O2S2. The molecule has 1 N–H and O–H groups in total. The van der Waals surface area contributed by atoms with Crippen molar-refractivity contribution in [3.05, 3.63) is 68.0 Å². The zero-order chi connectivity index (χ0) is 22.1. The molecule has 2 aromatic rings. The summed E-state index contributed by atoms with van der Waals surface area (Å²) < 4.78 is 40.5. The SMILES string of the molecule is O=C(CN1C(=O)/C(=C\c2cccc(Br)c2)SC1=S)Nc1ccc(Cl)cc1C(F)(F)F. The smallest absolute Gasteiger partial charge is 0.324 e. The van der Waals surface area contributed by atoms with E-state index >= 15 is 0 Å². The van der Waals surface area contributed by atoms with Crippen molar-refractivity contribution in [2.45, 2.75) is 6.18 Å². The zero-order valence-electron chi connectivity index (χ0n) is 14.8. The van der Waals surface area contributed by atoms with Crippen molar-refractivity contribution >= 4 is 79.4 Å². The average Bonchev–Trinajstić information content (AvgIpc) is 2.90. The summed E-state index contributed by atoms with van der Waals surface area (Å²) in [5.41, 5.74) is -0.777. The number of carbonyl (C=O) groups excluding carboxylic acids is 2. The number of amides is 2. The predicted octanol–water partition coefficient (Wildman–Crippen LogP) is 5.96. The quantitative estimate of drug-likeness (QED) is 0.388. The maximum Gasteiger partial charge on any atom is 0.418 e. The van der Waals surface area contributed by atoms with Gasteiger partial charge in [-0.1, -0.05) is 63.6 Å². The first kappa shape index (κ1) is 22.8. The lowest BCUT2D eigenvalue weighted by Crippen LogP contribution is -2.36. The highest BCUT2D eigenvalue weighted by Gasteiger charge is 2.36. The van der Waals surface area contributed by atoms with Crippen molar-refractivity contribution in [2.24, 2.45) is 0 Å². The van der Waals surface area contributed by atoms with E-state index in [2.05, 4.69) is 21.2 Å². The van der Waals surface area contributed by atoms with Crippen LogP contribution in [0.15, 0.2) is 51.8 Å². The minimum absolute atomic E-state index is 0.116. The van der Waals surface area contributed by atoms with Crippen LogP contribution in [0.2, 0.25) is 5.02 Å². The van der Waals surface area contributed by atoms with Gasteiger partial charge in [-0.25, -0.2) is 0 Å². The number of alkyl halides is 3. The molecule has 0 saturated carbocycles. The Bertz CT molecular complexity index is 1080. The Balaban J connectivity index is 1.75. The number of thiocarbonyl (C=S) groups is 1. The second kappa shape index (κ2) is 9.09. The van der Waals surface area contributed by atoms with E-state index in [1.807, 2.05) is 6.07 Å². The van der Waals surface area contributed by atoms with Crippen LogP contribution in [-0.2, 0) is 15.8 Å². The molecule has 1 aliphatic rings. The van der Waals surface area contributed by atoms with Crippen molar-refractivity contribution in [3.8, 4) is 0 Å². The van der Waals surface area contributed by atoms with E-state index in [4.69, 9.17) is 23.8 Å². The second-order valence-corrected chi connectivity index (χ2v) is 9.09. The summed E-state index contributed by atoms with van der Waals surface area (Å²) in [6.45, 7) is -0.513. The molecule has 1 aliphatic heterocycles. The Hall–Kier alpha value is -1.88.